The van der Waals surface area contributed by atoms with Gasteiger partial charge in [0, 0.05) is 11.8 Å². The van der Waals surface area contributed by atoms with Gasteiger partial charge in [0.1, 0.15) is 18.0 Å². The molecule has 1 amide bonds. The lowest BCUT2D eigenvalue weighted by Gasteiger charge is -2.10. The van der Waals surface area contributed by atoms with Crippen LogP contribution >= 0.6 is 0 Å². The van der Waals surface area contributed by atoms with Crippen LogP contribution in [0.15, 0.2) is 24.7 Å². The number of nitrogens with one attached hydrogen (secondary N) is 2. The molecule has 1 atom stereocenters. The van der Waals surface area contributed by atoms with E-state index in [-0.39, 0.29) is 11.9 Å². The zero-order chi connectivity index (χ0) is 12.3. The van der Waals surface area contributed by atoms with Crippen molar-refractivity contribution < 1.29 is 4.79 Å². The highest BCUT2D eigenvalue weighted by Gasteiger charge is 2.13. The first-order valence-electron chi connectivity index (χ1n) is 5.04. The van der Waals surface area contributed by atoms with Gasteiger partial charge in [-0.1, -0.05) is 0 Å². The quantitative estimate of drug-likeness (QED) is 0.703. The monoisotopic (exact) mass is 232 g/mol. The van der Waals surface area contributed by atoms with Gasteiger partial charge in [-0.3, -0.25) is 9.89 Å². The van der Waals surface area contributed by atoms with E-state index in [2.05, 4.69) is 25.5 Å². The third-order valence-electron chi connectivity index (χ3n) is 2.23. The number of rotatable bonds is 3. The molecule has 0 saturated carbocycles. The summed E-state index contributed by atoms with van der Waals surface area (Å²) in [5.41, 5.74) is 5.96. The Bertz CT molecular complexity index is 509. The van der Waals surface area contributed by atoms with Crippen LogP contribution in [0.1, 0.15) is 29.1 Å². The number of nitrogens with two attached hydrogens (primary N) is 1. The lowest BCUT2D eigenvalue weighted by molar-refractivity contribution is 0.0938. The van der Waals surface area contributed by atoms with E-state index in [1.165, 1.54) is 18.6 Å². The highest BCUT2D eigenvalue weighted by atomic mass is 16.1. The highest BCUT2D eigenvalue weighted by Crippen LogP contribution is 2.08. The molecule has 7 heteroatoms. The second-order valence-electron chi connectivity index (χ2n) is 3.54. The van der Waals surface area contributed by atoms with Gasteiger partial charge in [-0.2, -0.15) is 5.10 Å². The van der Waals surface area contributed by atoms with E-state index in [4.69, 9.17) is 5.73 Å². The molecular weight excluding hydrogens is 220 g/mol. The van der Waals surface area contributed by atoms with Gasteiger partial charge in [0.2, 0.25) is 0 Å². The molecule has 0 fully saturated rings. The number of hydrogen-bond donors (Lipinski definition) is 3. The largest absolute Gasteiger partial charge is 0.384 e. The zero-order valence-electron chi connectivity index (χ0n) is 9.21. The first kappa shape index (κ1) is 11.1. The Morgan fingerprint density at radius 1 is 1.53 bits per heavy atom. The van der Waals surface area contributed by atoms with Crippen molar-refractivity contribution in [2.24, 2.45) is 0 Å². The first-order valence-corrected chi connectivity index (χ1v) is 5.04. The number of amides is 1. The number of hydrogen-bond acceptors (Lipinski definition) is 5. The summed E-state index contributed by atoms with van der Waals surface area (Å²) < 4.78 is 0. The molecule has 0 aliphatic rings. The van der Waals surface area contributed by atoms with Crippen LogP contribution in [-0.2, 0) is 0 Å². The van der Waals surface area contributed by atoms with Crippen LogP contribution in [-0.4, -0.2) is 26.1 Å². The van der Waals surface area contributed by atoms with E-state index in [1.54, 1.807) is 6.07 Å². The van der Waals surface area contributed by atoms with Crippen LogP contribution in [0.2, 0.25) is 0 Å². The van der Waals surface area contributed by atoms with Crippen LogP contribution in [0, 0.1) is 0 Å². The number of pyridine rings is 1. The standard InChI is InChI=1S/C10H12N6O/c1-6(9-13-5-14-16-9)15-10(17)7-2-3-12-8(11)4-7/h2-6H,1H3,(H2,11,12)(H,15,17)(H,13,14,16). The summed E-state index contributed by atoms with van der Waals surface area (Å²) in [4.78, 5) is 19.6. The molecule has 1 unspecified atom stereocenters. The molecule has 7 nitrogen and oxygen atoms in total. The van der Waals surface area contributed by atoms with Crippen LogP contribution in [0.25, 0.3) is 0 Å². The molecule has 4 N–H and O–H groups in total. The van der Waals surface area contributed by atoms with E-state index in [0.29, 0.717) is 17.2 Å². The Kier molecular flexibility index (Phi) is 2.99. The van der Waals surface area contributed by atoms with Crippen molar-refractivity contribution in [1.29, 1.82) is 0 Å². The number of carbonyl (C=O) groups is 1. The van der Waals surface area contributed by atoms with Gasteiger partial charge in [-0.25, -0.2) is 9.97 Å². The maximum absolute atomic E-state index is 11.8. The van der Waals surface area contributed by atoms with Crippen molar-refractivity contribution in [1.82, 2.24) is 25.5 Å². The molecule has 0 radical (unpaired) electrons. The molecule has 0 aliphatic heterocycles. The molecule has 0 saturated heterocycles. The number of aromatic amines is 1. The van der Waals surface area contributed by atoms with E-state index in [1.807, 2.05) is 6.92 Å². The second-order valence-corrected chi connectivity index (χ2v) is 3.54. The third kappa shape index (κ3) is 2.57. The van der Waals surface area contributed by atoms with Gasteiger partial charge in [0.15, 0.2) is 0 Å². The second kappa shape index (κ2) is 4.60. The average Bonchev–Trinajstić information content (AvgIpc) is 2.82. The van der Waals surface area contributed by atoms with E-state index < -0.39 is 0 Å². The summed E-state index contributed by atoms with van der Waals surface area (Å²) in [6.07, 6.45) is 2.88. The lowest BCUT2D eigenvalue weighted by Crippen LogP contribution is -2.27. The van der Waals surface area contributed by atoms with Crippen LogP contribution < -0.4 is 11.1 Å². The fraction of sp³-hybridized carbons (Fsp3) is 0.200. The van der Waals surface area contributed by atoms with Crippen LogP contribution in [0.5, 0.6) is 0 Å². The minimum atomic E-state index is -0.251. The maximum atomic E-state index is 11.8. The lowest BCUT2D eigenvalue weighted by atomic mass is 10.2. The number of carbonyl (C=O) groups excluding carboxylic acids is 1. The molecule has 2 heterocycles. The van der Waals surface area contributed by atoms with Crippen molar-refractivity contribution in [2.75, 3.05) is 5.73 Å². The zero-order valence-corrected chi connectivity index (χ0v) is 9.21. The Balaban J connectivity index is 2.07. The topological polar surface area (TPSA) is 110 Å². The van der Waals surface area contributed by atoms with Gasteiger partial charge in [-0.05, 0) is 19.1 Å². The van der Waals surface area contributed by atoms with Gasteiger partial charge in [-0.15, -0.1) is 0 Å². The molecule has 88 valence electrons. The molecule has 0 aliphatic carbocycles. The predicted molar refractivity (Wildman–Crippen MR) is 60.9 cm³/mol. The minimum absolute atomic E-state index is 0.233. The van der Waals surface area contributed by atoms with Crippen molar-refractivity contribution >= 4 is 11.7 Å². The van der Waals surface area contributed by atoms with Gasteiger partial charge >= 0.3 is 0 Å². The fourth-order valence-corrected chi connectivity index (χ4v) is 1.36. The maximum Gasteiger partial charge on any atom is 0.252 e. The molecule has 2 aromatic rings. The van der Waals surface area contributed by atoms with Crippen molar-refractivity contribution in [3.63, 3.8) is 0 Å². The molecule has 2 rings (SSSR count). The normalized spacial score (nSPS) is 12.1. The molecule has 17 heavy (non-hydrogen) atoms. The van der Waals surface area contributed by atoms with Crippen molar-refractivity contribution in [2.45, 2.75) is 13.0 Å². The SMILES string of the molecule is CC(NC(=O)c1ccnc(N)c1)c1ncn[nH]1. The average molecular weight is 232 g/mol. The molecule has 0 aromatic carbocycles. The number of nitrogen functional groups attached to an aromatic ring is 1. The Morgan fingerprint density at radius 2 is 2.35 bits per heavy atom. The first-order chi connectivity index (χ1) is 8.16. The third-order valence-corrected chi connectivity index (χ3v) is 2.23. The summed E-state index contributed by atoms with van der Waals surface area (Å²) in [6, 6.07) is 2.86. The summed E-state index contributed by atoms with van der Waals surface area (Å²) in [6.45, 7) is 1.81. The van der Waals surface area contributed by atoms with E-state index in [0.717, 1.165) is 0 Å². The Labute approximate surface area is 97.5 Å². The Morgan fingerprint density at radius 3 is 3.00 bits per heavy atom. The molecule has 0 bridgehead atoms. The van der Waals surface area contributed by atoms with Crippen molar-refractivity contribution in [3.05, 3.63) is 36.0 Å². The molecule has 0 spiro atoms. The summed E-state index contributed by atoms with van der Waals surface area (Å²) >= 11 is 0. The van der Waals surface area contributed by atoms with Crippen molar-refractivity contribution in [3.8, 4) is 0 Å². The molecular formula is C10H12N6O. The highest BCUT2D eigenvalue weighted by molar-refractivity contribution is 5.94. The number of H-pyrrole nitrogens is 1. The number of nitrogens with zero attached hydrogens (tertiary/aromatic N) is 3. The predicted octanol–water partition coefficient (Wildman–Crippen LogP) is 0.273. The smallest absolute Gasteiger partial charge is 0.252 e. The van der Waals surface area contributed by atoms with Crippen LogP contribution in [0.3, 0.4) is 0 Å². The number of aromatic nitrogens is 4. The fourth-order valence-electron chi connectivity index (χ4n) is 1.36. The Hall–Kier alpha value is -2.44. The molecule has 2 aromatic heterocycles. The van der Waals surface area contributed by atoms with E-state index >= 15 is 0 Å². The number of anilines is 1. The summed E-state index contributed by atoms with van der Waals surface area (Å²) in [7, 11) is 0. The van der Waals surface area contributed by atoms with Gasteiger partial charge in [0.05, 0.1) is 6.04 Å². The van der Waals surface area contributed by atoms with Crippen LogP contribution in [0.4, 0.5) is 5.82 Å². The summed E-state index contributed by atoms with van der Waals surface area (Å²) in [5, 5.41) is 9.18. The van der Waals surface area contributed by atoms with Gasteiger partial charge in [0.25, 0.3) is 5.91 Å². The minimum Gasteiger partial charge on any atom is -0.384 e. The van der Waals surface area contributed by atoms with E-state index in [9.17, 15) is 4.79 Å². The summed E-state index contributed by atoms with van der Waals surface area (Å²) in [5.74, 6) is 0.674. The van der Waals surface area contributed by atoms with Gasteiger partial charge < -0.3 is 11.1 Å².